The third kappa shape index (κ3) is 3.05. The number of ether oxygens (including phenoxy) is 1. The number of nitrogens with zero attached hydrogens (tertiary/aromatic N) is 1. The molecule has 0 aliphatic heterocycles. The summed E-state index contributed by atoms with van der Waals surface area (Å²) in [5.41, 5.74) is 7.70. The van der Waals surface area contributed by atoms with Gasteiger partial charge in [0.2, 0.25) is 5.88 Å². The van der Waals surface area contributed by atoms with Crippen LogP contribution in [-0.2, 0) is 6.54 Å². The molecule has 88 valence electrons. The van der Waals surface area contributed by atoms with Gasteiger partial charge in [-0.1, -0.05) is 12.1 Å². The van der Waals surface area contributed by atoms with E-state index in [4.69, 9.17) is 10.5 Å². The molecule has 2 N–H and O–H groups in total. The van der Waals surface area contributed by atoms with Gasteiger partial charge in [0.1, 0.15) is 5.75 Å². The number of halogens is 1. The molecule has 2 aromatic rings. The zero-order valence-corrected chi connectivity index (χ0v) is 11.1. The van der Waals surface area contributed by atoms with Crippen molar-refractivity contribution in [3.05, 3.63) is 52.1 Å². The van der Waals surface area contributed by atoms with Crippen molar-refractivity contribution in [2.75, 3.05) is 0 Å². The van der Waals surface area contributed by atoms with E-state index in [0.717, 1.165) is 21.3 Å². The lowest BCUT2D eigenvalue weighted by Crippen LogP contribution is -1.96. The van der Waals surface area contributed by atoms with Crippen LogP contribution in [0.4, 0.5) is 0 Å². The summed E-state index contributed by atoms with van der Waals surface area (Å²) >= 11 is 3.43. The molecule has 1 aromatic carbocycles. The lowest BCUT2D eigenvalue weighted by molar-refractivity contribution is 0.459. The standard InChI is InChI=1S/C13H13BrN2O/c1-9-5-12(14)13(16-8-9)17-11-4-2-3-10(6-11)7-15/h2-6,8H,7,15H2,1H3. The van der Waals surface area contributed by atoms with Crippen LogP contribution in [0.5, 0.6) is 11.6 Å². The summed E-state index contributed by atoms with van der Waals surface area (Å²) in [6, 6.07) is 9.64. The average molecular weight is 293 g/mol. The molecule has 0 spiro atoms. The maximum atomic E-state index is 5.69. The highest BCUT2D eigenvalue weighted by molar-refractivity contribution is 9.10. The minimum Gasteiger partial charge on any atom is -0.438 e. The van der Waals surface area contributed by atoms with Crippen LogP contribution in [-0.4, -0.2) is 4.98 Å². The number of rotatable bonds is 3. The zero-order valence-electron chi connectivity index (χ0n) is 9.48. The quantitative estimate of drug-likeness (QED) is 0.943. The smallest absolute Gasteiger partial charge is 0.233 e. The van der Waals surface area contributed by atoms with Gasteiger partial charge in [0, 0.05) is 12.7 Å². The van der Waals surface area contributed by atoms with Gasteiger partial charge in [0.25, 0.3) is 0 Å². The van der Waals surface area contributed by atoms with Gasteiger partial charge in [0.15, 0.2) is 0 Å². The van der Waals surface area contributed by atoms with E-state index in [0.29, 0.717) is 12.4 Å². The predicted molar refractivity (Wildman–Crippen MR) is 71.1 cm³/mol. The normalized spacial score (nSPS) is 10.3. The van der Waals surface area contributed by atoms with Crippen LogP contribution in [0.2, 0.25) is 0 Å². The molecule has 4 heteroatoms. The molecule has 0 bridgehead atoms. The van der Waals surface area contributed by atoms with Gasteiger partial charge < -0.3 is 10.5 Å². The topological polar surface area (TPSA) is 48.1 Å². The van der Waals surface area contributed by atoms with Crippen LogP contribution in [0, 0.1) is 6.92 Å². The Labute approximate surface area is 109 Å². The molecule has 2 rings (SSSR count). The third-order valence-electron chi connectivity index (χ3n) is 2.29. The summed E-state index contributed by atoms with van der Waals surface area (Å²) in [7, 11) is 0. The average Bonchev–Trinajstić information content (AvgIpc) is 2.33. The maximum Gasteiger partial charge on any atom is 0.233 e. The second-order valence-electron chi connectivity index (χ2n) is 3.75. The van der Waals surface area contributed by atoms with Crippen LogP contribution < -0.4 is 10.5 Å². The lowest BCUT2D eigenvalue weighted by atomic mass is 10.2. The molecular weight excluding hydrogens is 280 g/mol. The Morgan fingerprint density at radius 3 is 2.88 bits per heavy atom. The van der Waals surface area contributed by atoms with E-state index in [1.807, 2.05) is 37.3 Å². The molecule has 0 fully saturated rings. The predicted octanol–water partition coefficient (Wildman–Crippen LogP) is 3.40. The van der Waals surface area contributed by atoms with Gasteiger partial charge in [-0.25, -0.2) is 4.98 Å². The fourth-order valence-corrected chi connectivity index (χ4v) is 1.99. The van der Waals surface area contributed by atoms with E-state index in [1.165, 1.54) is 0 Å². The summed E-state index contributed by atoms with van der Waals surface area (Å²) < 4.78 is 6.54. The molecule has 0 aliphatic carbocycles. The summed E-state index contributed by atoms with van der Waals surface area (Å²) in [5.74, 6) is 1.30. The molecule has 0 aliphatic rings. The first-order valence-electron chi connectivity index (χ1n) is 5.28. The van der Waals surface area contributed by atoms with Crippen LogP contribution in [0.1, 0.15) is 11.1 Å². The first-order valence-corrected chi connectivity index (χ1v) is 6.07. The number of aryl methyl sites for hydroxylation is 1. The zero-order chi connectivity index (χ0) is 12.3. The van der Waals surface area contributed by atoms with Crippen molar-refractivity contribution >= 4 is 15.9 Å². The Kier molecular flexibility index (Phi) is 3.76. The summed E-state index contributed by atoms with van der Waals surface area (Å²) in [6.45, 7) is 2.48. The Morgan fingerprint density at radius 2 is 2.18 bits per heavy atom. The van der Waals surface area contributed by atoms with Crippen molar-refractivity contribution in [2.45, 2.75) is 13.5 Å². The van der Waals surface area contributed by atoms with Crippen molar-refractivity contribution in [3.63, 3.8) is 0 Å². The first kappa shape index (κ1) is 12.1. The van der Waals surface area contributed by atoms with Gasteiger partial charge in [-0.2, -0.15) is 0 Å². The van der Waals surface area contributed by atoms with Crippen LogP contribution in [0.25, 0.3) is 0 Å². The summed E-state index contributed by atoms with van der Waals surface area (Å²) in [6.07, 6.45) is 1.77. The Morgan fingerprint density at radius 1 is 1.35 bits per heavy atom. The molecule has 0 unspecified atom stereocenters. The Balaban J connectivity index is 2.25. The van der Waals surface area contributed by atoms with Gasteiger partial charge in [-0.3, -0.25) is 0 Å². The van der Waals surface area contributed by atoms with Gasteiger partial charge in [-0.05, 0) is 52.2 Å². The Bertz CT molecular complexity index is 529. The molecule has 1 aromatic heterocycles. The van der Waals surface area contributed by atoms with Crippen molar-refractivity contribution in [3.8, 4) is 11.6 Å². The highest BCUT2D eigenvalue weighted by Gasteiger charge is 2.04. The van der Waals surface area contributed by atoms with E-state index < -0.39 is 0 Å². The molecular formula is C13H13BrN2O. The number of benzene rings is 1. The lowest BCUT2D eigenvalue weighted by Gasteiger charge is -2.08. The molecule has 0 saturated heterocycles. The van der Waals surface area contributed by atoms with Crippen molar-refractivity contribution in [1.82, 2.24) is 4.98 Å². The number of pyridine rings is 1. The highest BCUT2D eigenvalue weighted by Crippen LogP contribution is 2.28. The van der Waals surface area contributed by atoms with Crippen LogP contribution in [0.3, 0.4) is 0 Å². The second kappa shape index (κ2) is 5.29. The monoisotopic (exact) mass is 292 g/mol. The van der Waals surface area contributed by atoms with Crippen LogP contribution >= 0.6 is 15.9 Å². The van der Waals surface area contributed by atoms with Crippen molar-refractivity contribution in [2.24, 2.45) is 5.73 Å². The van der Waals surface area contributed by atoms with Gasteiger partial charge >= 0.3 is 0 Å². The molecule has 1 heterocycles. The highest BCUT2D eigenvalue weighted by atomic mass is 79.9. The first-order chi connectivity index (χ1) is 8.19. The summed E-state index contributed by atoms with van der Waals surface area (Å²) in [5, 5.41) is 0. The number of nitrogens with two attached hydrogens (primary N) is 1. The second-order valence-corrected chi connectivity index (χ2v) is 4.61. The van der Waals surface area contributed by atoms with Crippen molar-refractivity contribution in [1.29, 1.82) is 0 Å². The number of hydrogen-bond acceptors (Lipinski definition) is 3. The van der Waals surface area contributed by atoms with E-state index in [1.54, 1.807) is 6.20 Å². The fraction of sp³-hybridized carbons (Fsp3) is 0.154. The fourth-order valence-electron chi connectivity index (χ4n) is 1.44. The summed E-state index contributed by atoms with van der Waals surface area (Å²) in [4.78, 5) is 4.23. The van der Waals surface area contributed by atoms with E-state index in [2.05, 4.69) is 20.9 Å². The largest absolute Gasteiger partial charge is 0.438 e. The van der Waals surface area contributed by atoms with Gasteiger partial charge in [-0.15, -0.1) is 0 Å². The third-order valence-corrected chi connectivity index (χ3v) is 2.86. The van der Waals surface area contributed by atoms with E-state index in [-0.39, 0.29) is 0 Å². The van der Waals surface area contributed by atoms with Crippen molar-refractivity contribution < 1.29 is 4.74 Å². The van der Waals surface area contributed by atoms with E-state index >= 15 is 0 Å². The van der Waals surface area contributed by atoms with Gasteiger partial charge in [0.05, 0.1) is 4.47 Å². The molecule has 3 nitrogen and oxygen atoms in total. The SMILES string of the molecule is Cc1cnc(Oc2cccc(CN)c2)c(Br)c1. The molecule has 0 radical (unpaired) electrons. The molecule has 0 atom stereocenters. The molecule has 0 saturated carbocycles. The minimum absolute atomic E-state index is 0.500. The number of aromatic nitrogens is 1. The maximum absolute atomic E-state index is 5.69. The van der Waals surface area contributed by atoms with Crippen LogP contribution in [0.15, 0.2) is 41.0 Å². The number of hydrogen-bond donors (Lipinski definition) is 1. The minimum atomic E-state index is 0.500. The Hall–Kier alpha value is -1.39. The van der Waals surface area contributed by atoms with E-state index in [9.17, 15) is 0 Å². The molecule has 17 heavy (non-hydrogen) atoms. The molecule has 0 amide bonds.